The first kappa shape index (κ1) is 10.6. The number of rotatable bonds is 2. The molecule has 5 nitrogen and oxygen atoms in total. The first-order valence-corrected chi connectivity index (χ1v) is 4.83. The van der Waals surface area contributed by atoms with Crippen LogP contribution >= 0.6 is 11.6 Å². The van der Waals surface area contributed by atoms with Gasteiger partial charge in [-0.3, -0.25) is 10.1 Å². The summed E-state index contributed by atoms with van der Waals surface area (Å²) in [7, 11) is 0. The standard InChI is InChI=1S/C10H7ClN2O3/c1-6-12-9(10(16-6)13(14)15)7-2-4-8(11)5-3-7/h2-5H,1H3. The van der Waals surface area contributed by atoms with Crippen molar-refractivity contribution in [1.29, 1.82) is 0 Å². The van der Waals surface area contributed by atoms with Crippen molar-refractivity contribution in [1.82, 2.24) is 4.98 Å². The minimum absolute atomic E-state index is 0.221. The molecule has 0 fully saturated rings. The van der Waals surface area contributed by atoms with Crippen LogP contribution < -0.4 is 0 Å². The highest BCUT2D eigenvalue weighted by Crippen LogP contribution is 2.30. The normalized spacial score (nSPS) is 10.4. The minimum atomic E-state index is -0.593. The molecule has 0 N–H and O–H groups in total. The van der Waals surface area contributed by atoms with Crippen LogP contribution in [0.2, 0.25) is 5.02 Å². The molecule has 1 aromatic carbocycles. The van der Waals surface area contributed by atoms with Crippen LogP contribution in [0.3, 0.4) is 0 Å². The van der Waals surface area contributed by atoms with Crippen molar-refractivity contribution in [2.24, 2.45) is 0 Å². The Bertz CT molecular complexity index is 533. The molecule has 2 aromatic rings. The Balaban J connectivity index is 2.55. The Labute approximate surface area is 95.8 Å². The number of nitrogens with zero attached hydrogens (tertiary/aromatic N) is 2. The zero-order valence-electron chi connectivity index (χ0n) is 8.31. The molecule has 16 heavy (non-hydrogen) atoms. The highest BCUT2D eigenvalue weighted by molar-refractivity contribution is 6.30. The molecule has 0 radical (unpaired) electrons. The van der Waals surface area contributed by atoms with Gasteiger partial charge in [0.1, 0.15) is 4.92 Å². The second-order valence-corrected chi connectivity index (χ2v) is 3.59. The van der Waals surface area contributed by atoms with Gasteiger partial charge in [0.15, 0.2) is 11.6 Å². The Morgan fingerprint density at radius 3 is 2.56 bits per heavy atom. The number of halogens is 1. The van der Waals surface area contributed by atoms with Crippen LogP contribution in [0.15, 0.2) is 28.7 Å². The number of oxazole rings is 1. The molecule has 0 bridgehead atoms. The average molecular weight is 239 g/mol. The van der Waals surface area contributed by atoms with E-state index in [9.17, 15) is 10.1 Å². The van der Waals surface area contributed by atoms with E-state index in [1.165, 1.54) is 0 Å². The molecule has 0 amide bonds. The van der Waals surface area contributed by atoms with Gasteiger partial charge in [-0.05, 0) is 12.1 Å². The molecule has 0 spiro atoms. The van der Waals surface area contributed by atoms with Crippen LogP contribution in [0.5, 0.6) is 0 Å². The van der Waals surface area contributed by atoms with E-state index >= 15 is 0 Å². The van der Waals surface area contributed by atoms with E-state index in [1.54, 1.807) is 31.2 Å². The van der Waals surface area contributed by atoms with E-state index < -0.39 is 4.92 Å². The molecule has 0 atom stereocenters. The summed E-state index contributed by atoms with van der Waals surface area (Å²) < 4.78 is 4.92. The molecule has 1 heterocycles. The largest absolute Gasteiger partial charge is 0.461 e. The maximum absolute atomic E-state index is 10.7. The summed E-state index contributed by atoms with van der Waals surface area (Å²) in [6.07, 6.45) is 0. The molecule has 0 saturated heterocycles. The third kappa shape index (κ3) is 1.90. The molecule has 6 heteroatoms. The third-order valence-electron chi connectivity index (χ3n) is 2.00. The highest BCUT2D eigenvalue weighted by Gasteiger charge is 2.23. The zero-order valence-corrected chi connectivity index (χ0v) is 9.06. The van der Waals surface area contributed by atoms with Gasteiger partial charge in [0, 0.05) is 17.5 Å². The second kappa shape index (κ2) is 3.94. The first-order valence-electron chi connectivity index (χ1n) is 4.45. The number of hydrogen-bond donors (Lipinski definition) is 0. The van der Waals surface area contributed by atoms with Crippen LogP contribution in [0.4, 0.5) is 5.88 Å². The summed E-state index contributed by atoms with van der Waals surface area (Å²) in [5, 5.41) is 11.3. The maximum atomic E-state index is 10.7. The smallest absolute Gasteiger partial charge is 0.385 e. The molecular weight excluding hydrogens is 232 g/mol. The minimum Gasteiger partial charge on any atom is -0.385 e. The van der Waals surface area contributed by atoms with Gasteiger partial charge in [0.2, 0.25) is 0 Å². The summed E-state index contributed by atoms with van der Waals surface area (Å²) in [4.78, 5) is 14.1. The lowest BCUT2D eigenvalue weighted by molar-refractivity contribution is -0.401. The molecule has 0 saturated carbocycles. The van der Waals surface area contributed by atoms with E-state index in [0.29, 0.717) is 10.6 Å². The van der Waals surface area contributed by atoms with E-state index in [-0.39, 0.29) is 17.5 Å². The lowest BCUT2D eigenvalue weighted by Gasteiger charge is -1.95. The Hall–Kier alpha value is -1.88. The number of nitro groups is 1. The van der Waals surface area contributed by atoms with Crippen LogP contribution in [0.1, 0.15) is 5.89 Å². The zero-order chi connectivity index (χ0) is 11.7. The Morgan fingerprint density at radius 2 is 2.00 bits per heavy atom. The number of aryl methyl sites for hydroxylation is 1. The molecular formula is C10H7ClN2O3. The monoisotopic (exact) mass is 238 g/mol. The van der Waals surface area contributed by atoms with Crippen molar-refractivity contribution in [3.63, 3.8) is 0 Å². The molecule has 0 aliphatic carbocycles. The van der Waals surface area contributed by atoms with Gasteiger partial charge < -0.3 is 4.42 Å². The lowest BCUT2D eigenvalue weighted by Crippen LogP contribution is -1.88. The molecule has 0 aliphatic heterocycles. The van der Waals surface area contributed by atoms with Gasteiger partial charge in [-0.25, -0.2) is 4.98 Å². The predicted molar refractivity (Wildman–Crippen MR) is 58.3 cm³/mol. The number of benzene rings is 1. The van der Waals surface area contributed by atoms with Crippen molar-refractivity contribution in [2.45, 2.75) is 6.92 Å². The van der Waals surface area contributed by atoms with Gasteiger partial charge in [0.25, 0.3) is 0 Å². The van der Waals surface area contributed by atoms with Crippen LogP contribution in [-0.2, 0) is 0 Å². The summed E-state index contributed by atoms with van der Waals surface area (Å²) >= 11 is 5.73. The average Bonchev–Trinajstić information content (AvgIpc) is 2.61. The summed E-state index contributed by atoms with van der Waals surface area (Å²) in [5.74, 6) is -0.0866. The van der Waals surface area contributed by atoms with E-state index in [0.717, 1.165) is 0 Å². The quantitative estimate of drug-likeness (QED) is 0.595. The van der Waals surface area contributed by atoms with Crippen molar-refractivity contribution in [2.75, 3.05) is 0 Å². The van der Waals surface area contributed by atoms with Crippen LogP contribution in [0, 0.1) is 17.0 Å². The van der Waals surface area contributed by atoms with Gasteiger partial charge in [-0.2, -0.15) is 0 Å². The number of aromatic nitrogens is 1. The van der Waals surface area contributed by atoms with Crippen LogP contribution in [0.25, 0.3) is 11.3 Å². The van der Waals surface area contributed by atoms with E-state index in [2.05, 4.69) is 4.98 Å². The fraction of sp³-hybridized carbons (Fsp3) is 0.100. The summed E-state index contributed by atoms with van der Waals surface area (Å²) in [6, 6.07) is 6.61. The fourth-order valence-corrected chi connectivity index (χ4v) is 1.46. The Morgan fingerprint density at radius 1 is 1.38 bits per heavy atom. The first-order chi connectivity index (χ1) is 7.58. The van der Waals surface area contributed by atoms with E-state index in [1.807, 2.05) is 0 Å². The molecule has 0 unspecified atom stereocenters. The van der Waals surface area contributed by atoms with Crippen molar-refractivity contribution in [3.05, 3.63) is 45.3 Å². The van der Waals surface area contributed by atoms with Crippen molar-refractivity contribution in [3.8, 4) is 11.3 Å². The molecule has 1 aromatic heterocycles. The second-order valence-electron chi connectivity index (χ2n) is 3.15. The van der Waals surface area contributed by atoms with Gasteiger partial charge in [-0.15, -0.1) is 0 Å². The maximum Gasteiger partial charge on any atom is 0.461 e. The topological polar surface area (TPSA) is 69.2 Å². The lowest BCUT2D eigenvalue weighted by atomic mass is 10.1. The van der Waals surface area contributed by atoms with Crippen molar-refractivity contribution < 1.29 is 9.34 Å². The van der Waals surface area contributed by atoms with E-state index in [4.69, 9.17) is 16.0 Å². The Kier molecular flexibility index (Phi) is 2.62. The highest BCUT2D eigenvalue weighted by atomic mass is 35.5. The van der Waals surface area contributed by atoms with Gasteiger partial charge in [-0.1, -0.05) is 23.7 Å². The SMILES string of the molecule is Cc1nc(-c2ccc(Cl)cc2)c([N+](=O)[O-])o1. The summed E-state index contributed by atoms with van der Waals surface area (Å²) in [6.45, 7) is 1.56. The van der Waals surface area contributed by atoms with Gasteiger partial charge >= 0.3 is 5.88 Å². The molecule has 0 aliphatic rings. The number of hydrogen-bond acceptors (Lipinski definition) is 4. The summed E-state index contributed by atoms with van der Waals surface area (Å²) in [5.41, 5.74) is 0.826. The molecule has 82 valence electrons. The molecule has 2 rings (SSSR count). The van der Waals surface area contributed by atoms with Gasteiger partial charge in [0.05, 0.1) is 0 Å². The third-order valence-corrected chi connectivity index (χ3v) is 2.25. The predicted octanol–water partition coefficient (Wildman–Crippen LogP) is 3.21. The fourth-order valence-electron chi connectivity index (χ4n) is 1.34. The van der Waals surface area contributed by atoms with Crippen LogP contribution in [-0.4, -0.2) is 9.91 Å². The van der Waals surface area contributed by atoms with Crippen molar-refractivity contribution >= 4 is 17.5 Å².